The van der Waals surface area contributed by atoms with Crippen molar-refractivity contribution in [3.05, 3.63) is 93.3 Å². The minimum absolute atomic E-state index is 0.250. The maximum absolute atomic E-state index is 14.7. The van der Waals surface area contributed by atoms with Gasteiger partial charge in [-0.05, 0) is 60.3 Å². The molecule has 4 rings (SSSR count). The van der Waals surface area contributed by atoms with Crippen LogP contribution in [0.15, 0.2) is 60.7 Å². The first-order valence-electron chi connectivity index (χ1n) is 9.38. The molecule has 0 atom stereocenters. The number of thiophene rings is 1. The lowest BCUT2D eigenvalue weighted by molar-refractivity contribution is 0.0526. The largest absolute Gasteiger partial charge is 0.462 e. The summed E-state index contributed by atoms with van der Waals surface area (Å²) in [6, 6.07) is 16.3. The van der Waals surface area contributed by atoms with Crippen molar-refractivity contribution in [2.24, 2.45) is 0 Å². The second kappa shape index (κ2) is 8.54. The molecule has 1 aromatic heterocycles. The highest BCUT2D eigenvalue weighted by Crippen LogP contribution is 2.37. The number of rotatable bonds is 5. The number of benzene rings is 3. The van der Waals surface area contributed by atoms with Gasteiger partial charge in [0.15, 0.2) is 0 Å². The van der Waals surface area contributed by atoms with Crippen molar-refractivity contribution in [1.82, 2.24) is 0 Å². The lowest BCUT2D eigenvalue weighted by atomic mass is 10.0. The van der Waals surface area contributed by atoms with Gasteiger partial charge in [-0.1, -0.05) is 29.8 Å². The number of hydrogen-bond donors (Lipinski definition) is 0. The van der Waals surface area contributed by atoms with Crippen LogP contribution in [-0.2, 0) is 11.2 Å². The Kier molecular flexibility index (Phi) is 5.84. The topological polar surface area (TPSA) is 26.3 Å². The SMILES string of the molecule is CCOC(=O)c1ccc(F)c(-c2cccc3cc(Cc4cc(F)cc(Cl)c4)sc23)c1. The average molecular weight is 443 g/mol. The van der Waals surface area contributed by atoms with E-state index in [1.54, 1.807) is 13.0 Å². The van der Waals surface area contributed by atoms with Crippen LogP contribution in [0.25, 0.3) is 21.2 Å². The summed E-state index contributed by atoms with van der Waals surface area (Å²) in [4.78, 5) is 13.1. The van der Waals surface area contributed by atoms with Crippen molar-refractivity contribution in [3.8, 4) is 11.1 Å². The highest BCUT2D eigenvalue weighted by molar-refractivity contribution is 7.19. The lowest BCUT2D eigenvalue weighted by Gasteiger charge is -2.08. The molecule has 0 fully saturated rings. The number of fused-ring (bicyclic) bond motifs is 1. The van der Waals surface area contributed by atoms with Gasteiger partial charge in [0.05, 0.1) is 12.2 Å². The normalized spacial score (nSPS) is 11.1. The smallest absolute Gasteiger partial charge is 0.338 e. The molecule has 0 bridgehead atoms. The Morgan fingerprint density at radius 1 is 1.03 bits per heavy atom. The third-order valence-electron chi connectivity index (χ3n) is 4.66. The van der Waals surface area contributed by atoms with Gasteiger partial charge in [-0.3, -0.25) is 0 Å². The molecule has 0 aliphatic rings. The van der Waals surface area contributed by atoms with E-state index < -0.39 is 11.8 Å². The zero-order chi connectivity index (χ0) is 21.3. The van der Waals surface area contributed by atoms with Gasteiger partial charge in [-0.25, -0.2) is 13.6 Å². The van der Waals surface area contributed by atoms with Gasteiger partial charge < -0.3 is 4.74 Å². The van der Waals surface area contributed by atoms with Gasteiger partial charge in [0.1, 0.15) is 11.6 Å². The van der Waals surface area contributed by atoms with Crippen LogP contribution in [0.4, 0.5) is 8.78 Å². The lowest BCUT2D eigenvalue weighted by Crippen LogP contribution is -2.05. The predicted molar refractivity (Wildman–Crippen MR) is 117 cm³/mol. The molecule has 2 nitrogen and oxygen atoms in total. The third kappa shape index (κ3) is 4.23. The highest BCUT2D eigenvalue weighted by atomic mass is 35.5. The van der Waals surface area contributed by atoms with Crippen LogP contribution in [0, 0.1) is 11.6 Å². The van der Waals surface area contributed by atoms with Crippen LogP contribution in [0.2, 0.25) is 5.02 Å². The Hall–Kier alpha value is -2.76. The fraction of sp³-hybridized carbons (Fsp3) is 0.125. The molecule has 4 aromatic rings. The Balaban J connectivity index is 1.76. The summed E-state index contributed by atoms with van der Waals surface area (Å²) in [6.07, 6.45) is 0.515. The fourth-order valence-corrected chi connectivity index (χ4v) is 4.87. The first kappa shape index (κ1) is 20.5. The average Bonchev–Trinajstić information content (AvgIpc) is 3.10. The van der Waals surface area contributed by atoms with Gasteiger partial charge in [-0.15, -0.1) is 11.3 Å². The molecule has 0 spiro atoms. The van der Waals surface area contributed by atoms with Crippen molar-refractivity contribution in [1.29, 1.82) is 0 Å². The van der Waals surface area contributed by atoms with Gasteiger partial charge >= 0.3 is 5.97 Å². The number of halogens is 3. The fourth-order valence-electron chi connectivity index (χ4n) is 3.40. The molecule has 30 heavy (non-hydrogen) atoms. The Morgan fingerprint density at radius 3 is 2.63 bits per heavy atom. The quantitative estimate of drug-likeness (QED) is 0.304. The number of esters is 1. The maximum atomic E-state index is 14.7. The van der Waals surface area contributed by atoms with E-state index in [0.717, 1.165) is 20.5 Å². The molecule has 0 aliphatic carbocycles. The van der Waals surface area contributed by atoms with Gasteiger partial charge in [-0.2, -0.15) is 0 Å². The van der Waals surface area contributed by atoms with E-state index in [2.05, 4.69) is 0 Å². The van der Waals surface area contributed by atoms with E-state index >= 15 is 0 Å². The van der Waals surface area contributed by atoms with E-state index in [9.17, 15) is 13.6 Å². The molecular formula is C24H17ClF2O2S. The summed E-state index contributed by atoms with van der Waals surface area (Å²) in [5.74, 6) is -1.28. The van der Waals surface area contributed by atoms with Crippen LogP contribution in [0.5, 0.6) is 0 Å². The molecule has 6 heteroatoms. The highest BCUT2D eigenvalue weighted by Gasteiger charge is 2.16. The summed E-state index contributed by atoms with van der Waals surface area (Å²) in [7, 11) is 0. The second-order valence-corrected chi connectivity index (χ2v) is 8.38. The summed E-state index contributed by atoms with van der Waals surface area (Å²) in [5, 5.41) is 1.31. The van der Waals surface area contributed by atoms with Gasteiger partial charge in [0.2, 0.25) is 0 Å². The van der Waals surface area contributed by atoms with E-state index in [4.69, 9.17) is 16.3 Å². The van der Waals surface area contributed by atoms with Crippen molar-refractivity contribution >= 4 is 39.0 Å². The van der Waals surface area contributed by atoms with Crippen LogP contribution < -0.4 is 0 Å². The minimum Gasteiger partial charge on any atom is -0.462 e. The Labute approximate surface area is 181 Å². The Bertz CT molecular complexity index is 1230. The summed E-state index contributed by atoms with van der Waals surface area (Å²) in [5.41, 5.74) is 2.11. The zero-order valence-electron chi connectivity index (χ0n) is 16.0. The van der Waals surface area contributed by atoms with E-state index in [1.165, 1.54) is 41.7 Å². The standard InChI is InChI=1S/C24H17ClF2O2S/c1-2-29-24(28)16-6-7-22(27)21(12-16)20-5-3-4-15-11-19(30-23(15)20)10-14-8-17(25)13-18(26)9-14/h3-9,11-13H,2,10H2,1H3. The zero-order valence-corrected chi connectivity index (χ0v) is 17.6. The molecule has 152 valence electrons. The van der Waals surface area contributed by atoms with E-state index in [-0.39, 0.29) is 12.4 Å². The van der Waals surface area contributed by atoms with Crippen LogP contribution >= 0.6 is 22.9 Å². The minimum atomic E-state index is -0.485. The van der Waals surface area contributed by atoms with Gasteiger partial charge in [0, 0.05) is 32.1 Å². The molecule has 0 aliphatic heterocycles. The number of carbonyl (C=O) groups is 1. The predicted octanol–water partition coefficient (Wildman–Crippen LogP) is 7.27. The summed E-state index contributed by atoms with van der Waals surface area (Å²) < 4.78 is 34.3. The molecule has 3 aromatic carbocycles. The third-order valence-corrected chi connectivity index (χ3v) is 6.07. The summed E-state index contributed by atoms with van der Waals surface area (Å²) in [6.45, 7) is 1.97. The monoisotopic (exact) mass is 442 g/mol. The van der Waals surface area contributed by atoms with E-state index in [1.807, 2.05) is 24.3 Å². The van der Waals surface area contributed by atoms with Crippen LogP contribution in [0.1, 0.15) is 27.7 Å². The molecule has 0 radical (unpaired) electrons. The number of ether oxygens (including phenoxy) is 1. The summed E-state index contributed by atoms with van der Waals surface area (Å²) >= 11 is 7.47. The van der Waals surface area contributed by atoms with Crippen LogP contribution in [0.3, 0.4) is 0 Å². The van der Waals surface area contributed by atoms with Gasteiger partial charge in [0.25, 0.3) is 0 Å². The maximum Gasteiger partial charge on any atom is 0.338 e. The van der Waals surface area contributed by atoms with Crippen LogP contribution in [-0.4, -0.2) is 12.6 Å². The molecule has 1 heterocycles. The van der Waals surface area contributed by atoms with Crippen molar-refractivity contribution in [2.45, 2.75) is 13.3 Å². The number of carbonyl (C=O) groups excluding carboxylic acids is 1. The van der Waals surface area contributed by atoms with E-state index in [0.29, 0.717) is 28.1 Å². The first-order valence-corrected chi connectivity index (χ1v) is 10.6. The molecular weight excluding hydrogens is 426 g/mol. The molecule has 0 saturated heterocycles. The first-order chi connectivity index (χ1) is 14.4. The van der Waals surface area contributed by atoms with Crippen molar-refractivity contribution < 1.29 is 18.3 Å². The molecule has 0 amide bonds. The molecule has 0 N–H and O–H groups in total. The number of hydrogen-bond acceptors (Lipinski definition) is 3. The second-order valence-electron chi connectivity index (χ2n) is 6.81. The Morgan fingerprint density at radius 2 is 1.87 bits per heavy atom. The van der Waals surface area contributed by atoms with Crippen molar-refractivity contribution in [2.75, 3.05) is 6.61 Å². The molecule has 0 saturated carbocycles. The molecule has 0 unspecified atom stereocenters. The van der Waals surface area contributed by atoms with Crippen molar-refractivity contribution in [3.63, 3.8) is 0 Å².